The molecule has 1 aliphatic rings. The number of methoxy groups -OCH3 is 1. The Bertz CT molecular complexity index is 500. The fraction of sp³-hybridized carbons (Fsp3) is 0.700. The second kappa shape index (κ2) is 5.52. The molecule has 1 aromatic rings. The van der Waals surface area contributed by atoms with Crippen LogP contribution in [-0.4, -0.2) is 32.7 Å². The largest absolute Gasteiger partial charge is 0.381 e. The molecule has 102 valence electrons. The predicted octanol–water partition coefficient (Wildman–Crippen LogP) is 1.16. The van der Waals surface area contributed by atoms with E-state index in [2.05, 4.69) is 10.3 Å². The van der Waals surface area contributed by atoms with E-state index in [1.165, 1.54) is 6.20 Å². The van der Waals surface area contributed by atoms with Crippen LogP contribution in [0.3, 0.4) is 0 Å². The van der Waals surface area contributed by atoms with Crippen molar-refractivity contribution in [1.82, 2.24) is 4.98 Å². The topological polar surface area (TPSA) is 94.3 Å². The summed E-state index contributed by atoms with van der Waals surface area (Å²) in [6.07, 6.45) is 5.71. The van der Waals surface area contributed by atoms with Gasteiger partial charge < -0.3 is 10.1 Å². The van der Waals surface area contributed by atoms with Crippen molar-refractivity contribution >= 4 is 26.5 Å². The molecule has 1 saturated carbocycles. The second-order valence-electron chi connectivity index (χ2n) is 4.40. The number of anilines is 1. The van der Waals surface area contributed by atoms with Gasteiger partial charge in [-0.15, -0.1) is 0 Å². The summed E-state index contributed by atoms with van der Waals surface area (Å²) in [5.41, 5.74) is 0. The van der Waals surface area contributed by atoms with Crippen LogP contribution < -0.4 is 10.5 Å². The number of ether oxygens (including phenoxy) is 1. The van der Waals surface area contributed by atoms with E-state index in [9.17, 15) is 8.42 Å². The van der Waals surface area contributed by atoms with Crippen LogP contribution in [0, 0.1) is 0 Å². The average Bonchev–Trinajstić information content (AvgIpc) is 2.77. The molecule has 0 spiro atoms. The van der Waals surface area contributed by atoms with E-state index in [-0.39, 0.29) is 16.4 Å². The highest BCUT2D eigenvalue weighted by molar-refractivity contribution is 7.91. The lowest BCUT2D eigenvalue weighted by molar-refractivity contribution is 0.0669. The number of nitrogens with two attached hydrogens (primary N) is 1. The van der Waals surface area contributed by atoms with Crippen LogP contribution >= 0.6 is 11.3 Å². The average molecular weight is 291 g/mol. The molecule has 2 rings (SSSR count). The van der Waals surface area contributed by atoms with Gasteiger partial charge in [0.05, 0.1) is 12.3 Å². The lowest BCUT2D eigenvalue weighted by atomic mass is 9.93. The maximum atomic E-state index is 11.1. The summed E-state index contributed by atoms with van der Waals surface area (Å²) in [5, 5.41) is 8.88. The first kappa shape index (κ1) is 13.7. The quantitative estimate of drug-likeness (QED) is 0.868. The van der Waals surface area contributed by atoms with Crippen molar-refractivity contribution in [1.29, 1.82) is 0 Å². The van der Waals surface area contributed by atoms with Gasteiger partial charge in [0.25, 0.3) is 0 Å². The molecule has 0 bridgehead atoms. The minimum absolute atomic E-state index is 0.0871. The van der Waals surface area contributed by atoms with Gasteiger partial charge in [0.15, 0.2) is 9.34 Å². The number of rotatable bonds is 4. The molecule has 8 heteroatoms. The van der Waals surface area contributed by atoms with Gasteiger partial charge in [-0.3, -0.25) is 0 Å². The fourth-order valence-corrected chi connectivity index (χ4v) is 3.65. The molecule has 0 radical (unpaired) electrons. The number of aromatic nitrogens is 1. The van der Waals surface area contributed by atoms with Crippen molar-refractivity contribution in [3.63, 3.8) is 0 Å². The third-order valence-electron chi connectivity index (χ3n) is 3.05. The van der Waals surface area contributed by atoms with Gasteiger partial charge in [-0.25, -0.2) is 18.5 Å². The molecule has 2 unspecified atom stereocenters. The standard InChI is InChI=1S/C10H17N3O3S2/c1-16-8-4-2-3-7(5-8)13-10-12-6-9(17-10)18(11,14)15/h6-8H,2-5H2,1H3,(H,12,13)(H2,11,14,15). The first-order valence-electron chi connectivity index (χ1n) is 5.77. The van der Waals surface area contributed by atoms with Gasteiger partial charge in [-0.05, 0) is 25.7 Å². The van der Waals surface area contributed by atoms with E-state index in [0.717, 1.165) is 37.0 Å². The van der Waals surface area contributed by atoms with Crippen LogP contribution in [0.4, 0.5) is 5.13 Å². The minimum atomic E-state index is -3.65. The summed E-state index contributed by atoms with van der Waals surface area (Å²) in [6, 6.07) is 0.281. The van der Waals surface area contributed by atoms with Gasteiger partial charge >= 0.3 is 0 Å². The van der Waals surface area contributed by atoms with Gasteiger partial charge in [-0.1, -0.05) is 11.3 Å². The third-order valence-corrected chi connectivity index (χ3v) is 5.39. The number of nitrogens with one attached hydrogen (secondary N) is 1. The monoisotopic (exact) mass is 291 g/mol. The van der Waals surface area contributed by atoms with E-state index in [0.29, 0.717) is 5.13 Å². The summed E-state index contributed by atoms with van der Waals surface area (Å²) in [7, 11) is -1.93. The van der Waals surface area contributed by atoms with Crippen LogP contribution in [0.5, 0.6) is 0 Å². The van der Waals surface area contributed by atoms with E-state index >= 15 is 0 Å². The Morgan fingerprint density at radius 2 is 2.33 bits per heavy atom. The summed E-state index contributed by atoms with van der Waals surface area (Å²) in [5.74, 6) is 0. The van der Waals surface area contributed by atoms with Crippen LogP contribution in [0.25, 0.3) is 0 Å². The number of thiazole rings is 1. The zero-order valence-electron chi connectivity index (χ0n) is 10.1. The van der Waals surface area contributed by atoms with Gasteiger partial charge in [0, 0.05) is 13.2 Å². The van der Waals surface area contributed by atoms with Gasteiger partial charge in [0.2, 0.25) is 10.0 Å². The second-order valence-corrected chi connectivity index (χ2v) is 7.21. The molecule has 2 atom stereocenters. The van der Waals surface area contributed by atoms with Crippen LogP contribution in [0.2, 0.25) is 0 Å². The SMILES string of the molecule is COC1CCCC(Nc2ncc(S(N)(=O)=O)s2)C1. The van der Waals surface area contributed by atoms with Crippen molar-refractivity contribution in [2.24, 2.45) is 5.14 Å². The molecule has 1 aliphatic carbocycles. The van der Waals surface area contributed by atoms with Gasteiger partial charge in [-0.2, -0.15) is 0 Å². The van der Waals surface area contributed by atoms with E-state index in [4.69, 9.17) is 9.88 Å². The normalized spacial score (nSPS) is 25.0. The Labute approximate surface area is 111 Å². The first-order chi connectivity index (χ1) is 8.49. The summed E-state index contributed by atoms with van der Waals surface area (Å²) >= 11 is 1.07. The number of nitrogens with zero attached hydrogens (tertiary/aromatic N) is 1. The molecule has 0 saturated heterocycles. The zero-order valence-corrected chi connectivity index (χ0v) is 11.8. The third kappa shape index (κ3) is 3.41. The van der Waals surface area contributed by atoms with Crippen molar-refractivity contribution in [3.05, 3.63) is 6.20 Å². The molecule has 1 fully saturated rings. The van der Waals surface area contributed by atoms with Crippen LogP contribution in [-0.2, 0) is 14.8 Å². The van der Waals surface area contributed by atoms with Crippen molar-refractivity contribution < 1.29 is 13.2 Å². The molecule has 0 amide bonds. The fourth-order valence-electron chi connectivity index (χ4n) is 2.12. The Hall–Kier alpha value is -0.700. The lowest BCUT2D eigenvalue weighted by Gasteiger charge is -2.28. The Morgan fingerprint density at radius 3 is 2.94 bits per heavy atom. The van der Waals surface area contributed by atoms with Crippen molar-refractivity contribution in [2.75, 3.05) is 12.4 Å². The maximum Gasteiger partial charge on any atom is 0.249 e. The molecule has 18 heavy (non-hydrogen) atoms. The molecule has 1 aromatic heterocycles. The summed E-state index contributed by atoms with van der Waals surface area (Å²) in [6.45, 7) is 0. The number of hydrogen-bond donors (Lipinski definition) is 2. The zero-order chi connectivity index (χ0) is 13.2. The van der Waals surface area contributed by atoms with E-state index < -0.39 is 10.0 Å². The Morgan fingerprint density at radius 1 is 1.56 bits per heavy atom. The van der Waals surface area contributed by atoms with E-state index in [1.54, 1.807) is 7.11 Å². The number of primary sulfonamides is 1. The van der Waals surface area contributed by atoms with Crippen molar-refractivity contribution in [2.45, 2.75) is 42.0 Å². The predicted molar refractivity (Wildman–Crippen MR) is 70.2 cm³/mol. The Kier molecular flexibility index (Phi) is 4.21. The summed E-state index contributed by atoms with van der Waals surface area (Å²) in [4.78, 5) is 4.04. The molecular weight excluding hydrogens is 274 g/mol. The Balaban J connectivity index is 1.99. The van der Waals surface area contributed by atoms with Crippen molar-refractivity contribution in [3.8, 4) is 0 Å². The van der Waals surface area contributed by atoms with Crippen LogP contribution in [0.1, 0.15) is 25.7 Å². The maximum absolute atomic E-state index is 11.1. The molecule has 0 aromatic carbocycles. The lowest BCUT2D eigenvalue weighted by Crippen LogP contribution is -2.30. The number of sulfonamides is 1. The highest BCUT2D eigenvalue weighted by Gasteiger charge is 2.22. The highest BCUT2D eigenvalue weighted by Crippen LogP contribution is 2.27. The summed E-state index contributed by atoms with van der Waals surface area (Å²) < 4.78 is 27.7. The minimum Gasteiger partial charge on any atom is -0.381 e. The smallest absolute Gasteiger partial charge is 0.249 e. The van der Waals surface area contributed by atoms with E-state index in [1.807, 2.05) is 0 Å². The van der Waals surface area contributed by atoms with Gasteiger partial charge in [0.1, 0.15) is 0 Å². The highest BCUT2D eigenvalue weighted by atomic mass is 32.2. The molecule has 0 aliphatic heterocycles. The molecule has 1 heterocycles. The van der Waals surface area contributed by atoms with Crippen LogP contribution in [0.15, 0.2) is 10.4 Å². The molecular formula is C10H17N3O3S2. The number of hydrogen-bond acceptors (Lipinski definition) is 6. The first-order valence-corrected chi connectivity index (χ1v) is 8.13. The molecule has 6 nitrogen and oxygen atoms in total. The molecule has 3 N–H and O–H groups in total.